The Morgan fingerprint density at radius 3 is 2.35 bits per heavy atom. The van der Waals surface area contributed by atoms with Gasteiger partial charge in [-0.3, -0.25) is 9.59 Å². The number of aliphatic hydroxyl groups excluding tert-OH is 1. The molecule has 96 valence electrons. The number of carbonyl (C=O) groups excluding carboxylic acids is 1. The first-order chi connectivity index (χ1) is 8.06. The molecule has 0 radical (unpaired) electrons. The Balaban J connectivity index is 1.78. The number of carboxylic acid groups (broad SMARTS) is 1. The maximum absolute atomic E-state index is 11.7. The van der Waals surface area contributed by atoms with Gasteiger partial charge in [0.2, 0.25) is 0 Å². The van der Waals surface area contributed by atoms with Crippen LogP contribution >= 0.6 is 0 Å². The number of β-amino-alcohol motifs (C(OH)–C–C–N with tert-alkyl or cyclic N) is 1. The van der Waals surface area contributed by atoms with Crippen molar-refractivity contribution in [2.45, 2.75) is 37.1 Å². The molecule has 2 rings (SSSR count). The van der Waals surface area contributed by atoms with Crippen molar-refractivity contribution in [3.05, 3.63) is 0 Å². The molecule has 0 aromatic heterocycles. The summed E-state index contributed by atoms with van der Waals surface area (Å²) in [4.78, 5) is 22.3. The number of hydrogen-bond acceptors (Lipinski definition) is 6. The van der Waals surface area contributed by atoms with Crippen LogP contribution in [0.1, 0.15) is 12.8 Å². The first kappa shape index (κ1) is 12.3. The molecule has 2 aliphatic heterocycles. The molecule has 2 fully saturated rings. The molecule has 0 spiro atoms. The Morgan fingerprint density at radius 2 is 1.82 bits per heavy atom. The number of aliphatic carboxylic acids is 1. The Bertz CT molecular complexity index is 322. The third-order valence-corrected chi connectivity index (χ3v) is 3.06. The van der Waals surface area contributed by atoms with Crippen LogP contribution in [0.5, 0.6) is 0 Å². The fourth-order valence-corrected chi connectivity index (χ4v) is 2.12. The van der Waals surface area contributed by atoms with Crippen LogP contribution in [0.2, 0.25) is 0 Å². The van der Waals surface area contributed by atoms with Crippen molar-refractivity contribution in [1.29, 1.82) is 0 Å². The van der Waals surface area contributed by atoms with Crippen molar-refractivity contribution >= 4 is 11.9 Å². The van der Waals surface area contributed by atoms with E-state index in [4.69, 9.17) is 9.84 Å². The van der Waals surface area contributed by atoms with Crippen molar-refractivity contribution < 1.29 is 24.5 Å². The topological polar surface area (TPSA) is 108 Å². The van der Waals surface area contributed by atoms with Crippen LogP contribution in [-0.2, 0) is 14.3 Å². The van der Waals surface area contributed by atoms with E-state index >= 15 is 0 Å². The number of aliphatic hydroxyl groups is 1. The molecule has 4 atom stereocenters. The lowest BCUT2D eigenvalue weighted by molar-refractivity contribution is -0.151. The zero-order valence-electron chi connectivity index (χ0n) is 9.26. The molecule has 17 heavy (non-hydrogen) atoms. The average molecular weight is 244 g/mol. The molecular formula is C10H16N2O5. The van der Waals surface area contributed by atoms with E-state index in [1.54, 1.807) is 0 Å². The molecule has 2 aliphatic rings. The summed E-state index contributed by atoms with van der Waals surface area (Å²) in [6, 6.07) is -1.12. The van der Waals surface area contributed by atoms with Crippen LogP contribution < -0.4 is 10.6 Å². The summed E-state index contributed by atoms with van der Waals surface area (Å²) in [6.45, 7) is 0.748. The predicted molar refractivity (Wildman–Crippen MR) is 56.3 cm³/mol. The Hall–Kier alpha value is -1.18. The molecule has 0 aliphatic carbocycles. The van der Waals surface area contributed by atoms with Gasteiger partial charge in [0.25, 0.3) is 0 Å². The standard InChI is InChI=1S/C10H16N2O5/c13-5-1-8(11-3-5)10(16)17-6-2-7(9(14)15)12-4-6/h5-8,11-13H,1-4H2,(H,14,15)/t5-,6-,7-,8-/m1/s1. The van der Waals surface area contributed by atoms with Gasteiger partial charge in [-0.2, -0.15) is 0 Å². The van der Waals surface area contributed by atoms with Gasteiger partial charge in [-0.25, -0.2) is 0 Å². The highest BCUT2D eigenvalue weighted by molar-refractivity contribution is 5.77. The van der Waals surface area contributed by atoms with Crippen molar-refractivity contribution in [1.82, 2.24) is 10.6 Å². The van der Waals surface area contributed by atoms with Crippen molar-refractivity contribution in [3.8, 4) is 0 Å². The van der Waals surface area contributed by atoms with Crippen LogP contribution in [0, 0.1) is 0 Å². The number of carbonyl (C=O) groups is 2. The molecule has 0 aromatic carbocycles. The molecule has 0 aromatic rings. The van der Waals surface area contributed by atoms with E-state index in [-0.39, 0.29) is 6.42 Å². The van der Waals surface area contributed by atoms with E-state index < -0.39 is 36.2 Å². The lowest BCUT2D eigenvalue weighted by Crippen LogP contribution is -2.35. The zero-order valence-corrected chi connectivity index (χ0v) is 9.26. The number of nitrogens with one attached hydrogen (secondary N) is 2. The average Bonchev–Trinajstić information content (AvgIpc) is 2.86. The van der Waals surface area contributed by atoms with E-state index in [2.05, 4.69) is 10.6 Å². The number of esters is 1. The van der Waals surface area contributed by atoms with Crippen molar-refractivity contribution in [2.24, 2.45) is 0 Å². The smallest absolute Gasteiger partial charge is 0.323 e. The minimum Gasteiger partial charge on any atom is -0.480 e. The summed E-state index contributed by atoms with van der Waals surface area (Å²) in [5.41, 5.74) is 0. The predicted octanol–water partition coefficient (Wildman–Crippen LogP) is -1.93. The molecule has 0 bridgehead atoms. The van der Waals surface area contributed by atoms with E-state index in [1.807, 2.05) is 0 Å². The first-order valence-corrected chi connectivity index (χ1v) is 5.64. The summed E-state index contributed by atoms with van der Waals surface area (Å²) in [5.74, 6) is -1.35. The molecule has 4 N–H and O–H groups in total. The van der Waals surface area contributed by atoms with E-state index in [1.165, 1.54) is 0 Å². The minimum absolute atomic E-state index is 0.288. The molecule has 2 saturated heterocycles. The number of carboxylic acids is 1. The highest BCUT2D eigenvalue weighted by Crippen LogP contribution is 2.14. The number of rotatable bonds is 3. The van der Waals surface area contributed by atoms with E-state index in [0.29, 0.717) is 19.5 Å². The Morgan fingerprint density at radius 1 is 1.12 bits per heavy atom. The highest BCUT2D eigenvalue weighted by Gasteiger charge is 2.35. The van der Waals surface area contributed by atoms with Crippen LogP contribution in [-0.4, -0.2) is 59.5 Å². The normalized spacial score (nSPS) is 37.0. The van der Waals surface area contributed by atoms with Gasteiger partial charge in [0, 0.05) is 25.9 Å². The van der Waals surface area contributed by atoms with Crippen LogP contribution in [0.25, 0.3) is 0 Å². The molecule has 0 amide bonds. The quantitative estimate of drug-likeness (QED) is 0.428. The van der Waals surface area contributed by atoms with Gasteiger partial charge in [-0.1, -0.05) is 0 Å². The minimum atomic E-state index is -0.932. The van der Waals surface area contributed by atoms with Crippen LogP contribution in [0.3, 0.4) is 0 Å². The third-order valence-electron chi connectivity index (χ3n) is 3.06. The fourth-order valence-electron chi connectivity index (χ4n) is 2.12. The second-order valence-corrected chi connectivity index (χ2v) is 4.44. The highest BCUT2D eigenvalue weighted by atomic mass is 16.5. The summed E-state index contributed by atoms with van der Waals surface area (Å²) >= 11 is 0. The van der Waals surface area contributed by atoms with Gasteiger partial charge in [0.1, 0.15) is 18.2 Å². The van der Waals surface area contributed by atoms with Gasteiger partial charge in [0.05, 0.1) is 6.10 Å². The number of hydrogen-bond donors (Lipinski definition) is 4. The lowest BCUT2D eigenvalue weighted by Gasteiger charge is -2.14. The van der Waals surface area contributed by atoms with E-state index in [9.17, 15) is 14.7 Å². The van der Waals surface area contributed by atoms with Crippen LogP contribution in [0.15, 0.2) is 0 Å². The second kappa shape index (κ2) is 4.99. The largest absolute Gasteiger partial charge is 0.480 e. The second-order valence-electron chi connectivity index (χ2n) is 4.44. The summed E-state index contributed by atoms with van der Waals surface area (Å²) in [6.07, 6.45) is -0.276. The third kappa shape index (κ3) is 2.93. The Kier molecular flexibility index (Phi) is 3.60. The molecule has 0 unspecified atom stereocenters. The van der Waals surface area contributed by atoms with Crippen molar-refractivity contribution in [3.63, 3.8) is 0 Å². The molecule has 7 nitrogen and oxygen atoms in total. The maximum atomic E-state index is 11.7. The van der Waals surface area contributed by atoms with E-state index in [0.717, 1.165) is 0 Å². The SMILES string of the molecule is O=C(O)[C@H]1C[C@@H](OC(=O)[C@H]2C[C@@H](O)CN2)CN1. The molecule has 7 heteroatoms. The van der Waals surface area contributed by atoms with Crippen molar-refractivity contribution in [2.75, 3.05) is 13.1 Å². The van der Waals surface area contributed by atoms with Gasteiger partial charge in [-0.15, -0.1) is 0 Å². The van der Waals surface area contributed by atoms with Gasteiger partial charge in [0.15, 0.2) is 0 Å². The van der Waals surface area contributed by atoms with Gasteiger partial charge < -0.3 is 25.6 Å². The summed E-state index contributed by atoms with van der Waals surface area (Å²) in [5, 5.41) is 23.6. The molecule has 2 heterocycles. The lowest BCUT2D eigenvalue weighted by atomic mass is 10.2. The zero-order chi connectivity index (χ0) is 12.4. The summed E-state index contributed by atoms with van der Waals surface area (Å²) < 4.78 is 5.19. The molecular weight excluding hydrogens is 228 g/mol. The maximum Gasteiger partial charge on any atom is 0.323 e. The summed E-state index contributed by atoms with van der Waals surface area (Å²) in [7, 11) is 0. The Labute approximate surface area is 98.1 Å². The fraction of sp³-hybridized carbons (Fsp3) is 0.800. The van der Waals surface area contributed by atoms with Gasteiger partial charge in [-0.05, 0) is 0 Å². The first-order valence-electron chi connectivity index (χ1n) is 5.64. The molecule has 0 saturated carbocycles. The monoisotopic (exact) mass is 244 g/mol. The van der Waals surface area contributed by atoms with Gasteiger partial charge >= 0.3 is 11.9 Å². The van der Waals surface area contributed by atoms with Crippen LogP contribution in [0.4, 0.5) is 0 Å². The number of ether oxygens (including phenoxy) is 1.